The summed E-state index contributed by atoms with van der Waals surface area (Å²) in [5.41, 5.74) is 4.33. The Balaban J connectivity index is 1.68. The van der Waals surface area contributed by atoms with Gasteiger partial charge in [0.15, 0.2) is 5.71 Å². The molecule has 0 saturated carbocycles. The number of nitrogens with zero attached hydrogens (tertiary/aromatic N) is 4. The molecule has 0 aliphatic carbocycles. The number of carbonyl (C=O) groups is 1. The van der Waals surface area contributed by atoms with Crippen molar-refractivity contribution in [2.24, 2.45) is 10.2 Å². The van der Waals surface area contributed by atoms with Crippen LogP contribution in [0.4, 0.5) is 5.69 Å². The van der Waals surface area contributed by atoms with Crippen LogP contribution in [0.2, 0.25) is 0 Å². The summed E-state index contributed by atoms with van der Waals surface area (Å²) in [6, 6.07) is 19.9. The van der Waals surface area contributed by atoms with Gasteiger partial charge in [-0.2, -0.15) is 5.10 Å². The van der Waals surface area contributed by atoms with Crippen LogP contribution in [-0.4, -0.2) is 34.6 Å². The van der Waals surface area contributed by atoms with Crippen molar-refractivity contribution in [1.29, 1.82) is 0 Å². The zero-order valence-corrected chi connectivity index (χ0v) is 19.0. The number of rotatable bonds is 3. The molecule has 3 aromatic carbocycles. The Hall–Kier alpha value is -4.52. The Morgan fingerprint density at radius 2 is 1.59 bits per heavy atom. The quantitative estimate of drug-likeness (QED) is 0.376. The number of anilines is 1. The number of para-hydroxylation sites is 1. The number of pyridine rings is 1. The van der Waals surface area contributed by atoms with E-state index in [1.165, 1.54) is 15.7 Å². The molecule has 1 amide bonds. The highest BCUT2D eigenvalue weighted by Crippen LogP contribution is 2.29. The van der Waals surface area contributed by atoms with Gasteiger partial charge < -0.3 is 10.0 Å². The Bertz CT molecular complexity index is 1600. The molecule has 1 aliphatic rings. The maximum atomic E-state index is 13.3. The number of aromatic nitrogens is 1. The first-order valence-electron chi connectivity index (χ1n) is 10.8. The summed E-state index contributed by atoms with van der Waals surface area (Å²) in [6.07, 6.45) is 1.38. The lowest BCUT2D eigenvalue weighted by molar-refractivity contribution is -0.111. The highest BCUT2D eigenvalue weighted by molar-refractivity contribution is 6.54. The summed E-state index contributed by atoms with van der Waals surface area (Å²) in [5, 5.41) is 20.5. The highest BCUT2D eigenvalue weighted by Gasteiger charge is 2.31. The van der Waals surface area contributed by atoms with E-state index in [9.17, 15) is 14.7 Å². The van der Waals surface area contributed by atoms with Gasteiger partial charge in [0.1, 0.15) is 0 Å². The van der Waals surface area contributed by atoms with E-state index in [4.69, 9.17) is 0 Å². The second-order valence-corrected chi connectivity index (χ2v) is 8.27. The van der Waals surface area contributed by atoms with Crippen molar-refractivity contribution >= 4 is 34.3 Å². The lowest BCUT2D eigenvalue weighted by atomic mass is 10.1. The van der Waals surface area contributed by atoms with Crippen molar-refractivity contribution in [3.05, 3.63) is 99.3 Å². The summed E-state index contributed by atoms with van der Waals surface area (Å²) in [5.74, 6) is -0.501. The van der Waals surface area contributed by atoms with E-state index in [0.717, 1.165) is 16.8 Å². The minimum atomic E-state index is -0.332. The molecule has 7 heteroatoms. The van der Waals surface area contributed by atoms with Gasteiger partial charge in [-0.05, 0) is 49.2 Å². The molecule has 0 spiro atoms. The Kier molecular flexibility index (Phi) is 5.09. The molecule has 168 valence electrons. The largest absolute Gasteiger partial charge is 0.494 e. The maximum Gasteiger partial charge on any atom is 0.279 e. The molecule has 1 aliphatic heterocycles. The first-order chi connectivity index (χ1) is 16.4. The van der Waals surface area contributed by atoms with E-state index in [0.29, 0.717) is 27.6 Å². The number of benzene rings is 3. The third-order valence-corrected chi connectivity index (χ3v) is 6.22. The fourth-order valence-corrected chi connectivity index (χ4v) is 4.18. The average molecular weight is 450 g/mol. The van der Waals surface area contributed by atoms with Crippen LogP contribution in [0.15, 0.2) is 81.7 Å². The molecule has 2 heterocycles. The first kappa shape index (κ1) is 21.3. The molecule has 0 fully saturated rings. The zero-order valence-electron chi connectivity index (χ0n) is 19.0. The minimum Gasteiger partial charge on any atom is -0.494 e. The highest BCUT2D eigenvalue weighted by atomic mass is 16.3. The molecule has 0 radical (unpaired) electrons. The van der Waals surface area contributed by atoms with Crippen molar-refractivity contribution in [1.82, 2.24) is 4.57 Å². The van der Waals surface area contributed by atoms with Gasteiger partial charge in [-0.3, -0.25) is 9.59 Å². The topological polar surface area (TPSA) is 87.3 Å². The van der Waals surface area contributed by atoms with Gasteiger partial charge in [0.05, 0.1) is 23.2 Å². The van der Waals surface area contributed by atoms with E-state index in [1.54, 1.807) is 37.4 Å². The summed E-state index contributed by atoms with van der Waals surface area (Å²) in [6.45, 7) is 3.94. The van der Waals surface area contributed by atoms with Crippen molar-refractivity contribution in [3.63, 3.8) is 0 Å². The predicted octanol–water partition coefficient (Wildman–Crippen LogP) is 4.11. The van der Waals surface area contributed by atoms with Crippen molar-refractivity contribution in [2.75, 3.05) is 11.9 Å². The van der Waals surface area contributed by atoms with E-state index in [-0.39, 0.29) is 23.1 Å². The van der Waals surface area contributed by atoms with E-state index < -0.39 is 0 Å². The molecule has 1 aromatic heterocycles. The second kappa shape index (κ2) is 8.12. The van der Waals surface area contributed by atoms with Gasteiger partial charge >= 0.3 is 0 Å². The van der Waals surface area contributed by atoms with E-state index in [2.05, 4.69) is 10.2 Å². The van der Waals surface area contributed by atoms with Gasteiger partial charge in [-0.15, -0.1) is 5.10 Å². The van der Waals surface area contributed by atoms with Crippen LogP contribution in [0.5, 0.6) is 5.88 Å². The number of amides is 1. The fraction of sp³-hybridized carbons (Fsp3) is 0.111. The van der Waals surface area contributed by atoms with Crippen LogP contribution in [0.3, 0.4) is 0 Å². The molecule has 34 heavy (non-hydrogen) atoms. The van der Waals surface area contributed by atoms with E-state index >= 15 is 0 Å². The third-order valence-electron chi connectivity index (χ3n) is 6.22. The maximum absolute atomic E-state index is 13.3. The molecular formula is C27H22N4O3. The number of aryl methyl sites for hydroxylation is 2. The van der Waals surface area contributed by atoms with Crippen LogP contribution in [0, 0.1) is 13.8 Å². The SMILES string of the molecule is Cc1ccc(-n2c(O)c(/C=N\N=C3C(=O)N(C)c4ccccc43)c3ccccc3c2=O)cc1C. The molecule has 7 nitrogen and oxygen atoms in total. The number of fused-ring (bicyclic) bond motifs is 2. The van der Waals surface area contributed by atoms with Crippen LogP contribution in [0.1, 0.15) is 22.3 Å². The molecular weight excluding hydrogens is 428 g/mol. The smallest absolute Gasteiger partial charge is 0.279 e. The molecule has 0 atom stereocenters. The van der Waals surface area contributed by atoms with Crippen LogP contribution < -0.4 is 10.5 Å². The summed E-state index contributed by atoms with van der Waals surface area (Å²) in [7, 11) is 1.69. The van der Waals surface area contributed by atoms with Crippen molar-refractivity contribution < 1.29 is 9.90 Å². The Morgan fingerprint density at radius 3 is 2.35 bits per heavy atom. The van der Waals surface area contributed by atoms with Crippen LogP contribution >= 0.6 is 0 Å². The average Bonchev–Trinajstić information content (AvgIpc) is 3.08. The van der Waals surface area contributed by atoms with Crippen molar-refractivity contribution in [2.45, 2.75) is 13.8 Å². The number of hydrogen-bond donors (Lipinski definition) is 1. The summed E-state index contributed by atoms with van der Waals surface area (Å²) >= 11 is 0. The van der Waals surface area contributed by atoms with E-state index in [1.807, 2.05) is 50.2 Å². The van der Waals surface area contributed by atoms with Gasteiger partial charge in [-0.1, -0.05) is 42.5 Å². The van der Waals surface area contributed by atoms with Gasteiger partial charge in [0, 0.05) is 23.4 Å². The van der Waals surface area contributed by atoms with Gasteiger partial charge in [0.25, 0.3) is 11.5 Å². The molecule has 5 rings (SSSR count). The third kappa shape index (κ3) is 3.29. The molecule has 0 unspecified atom stereocenters. The van der Waals surface area contributed by atoms with Gasteiger partial charge in [0.2, 0.25) is 5.88 Å². The number of aromatic hydroxyl groups is 1. The standard InChI is InChI=1S/C27H22N4O3/c1-16-12-13-18(14-17(16)2)31-25(32)20-9-5-4-8-19(20)22(26(31)33)15-28-29-24-21-10-6-7-11-23(21)30(3)27(24)34/h4-15,33H,1-3H3/b28-15-,29-24?. The monoisotopic (exact) mass is 450 g/mol. The molecule has 1 N–H and O–H groups in total. The Morgan fingerprint density at radius 1 is 0.882 bits per heavy atom. The summed E-state index contributed by atoms with van der Waals surface area (Å²) in [4.78, 5) is 27.5. The lowest BCUT2D eigenvalue weighted by Gasteiger charge is -2.14. The van der Waals surface area contributed by atoms with Crippen LogP contribution in [0.25, 0.3) is 16.5 Å². The zero-order chi connectivity index (χ0) is 24.0. The van der Waals surface area contributed by atoms with Crippen LogP contribution in [-0.2, 0) is 4.79 Å². The predicted molar refractivity (Wildman–Crippen MR) is 135 cm³/mol. The van der Waals surface area contributed by atoms with Crippen molar-refractivity contribution in [3.8, 4) is 11.6 Å². The van der Waals surface area contributed by atoms with Gasteiger partial charge in [-0.25, -0.2) is 4.57 Å². The second-order valence-electron chi connectivity index (χ2n) is 8.27. The lowest BCUT2D eigenvalue weighted by Crippen LogP contribution is -2.25. The molecule has 0 saturated heterocycles. The fourth-order valence-electron chi connectivity index (χ4n) is 4.18. The molecule has 0 bridgehead atoms. The summed E-state index contributed by atoms with van der Waals surface area (Å²) < 4.78 is 1.27. The number of hydrogen-bond acceptors (Lipinski definition) is 5. The molecule has 4 aromatic rings. The normalized spacial score (nSPS) is 14.5. The number of carbonyl (C=O) groups excluding carboxylic acids is 1. The minimum absolute atomic E-state index is 0.223. The first-order valence-corrected chi connectivity index (χ1v) is 10.8. The Labute approximate surface area is 195 Å². The number of likely N-dealkylation sites (N-methyl/N-ethyl adjacent to an activating group) is 1.